The SMILES string of the molecule is CC(C)(CCl)C(=O)Nc1ncc(C(=O)O)o1. The number of alkyl halides is 1. The number of hydrogen-bond acceptors (Lipinski definition) is 4. The Morgan fingerprint density at radius 1 is 1.62 bits per heavy atom. The predicted octanol–water partition coefficient (Wildman–Crippen LogP) is 1.58. The minimum atomic E-state index is -1.25. The highest BCUT2D eigenvalue weighted by Gasteiger charge is 2.27. The third-order valence-corrected chi connectivity index (χ3v) is 2.55. The molecular formula is C9H11ClN2O4. The number of halogens is 1. The Morgan fingerprint density at radius 2 is 2.25 bits per heavy atom. The monoisotopic (exact) mass is 246 g/mol. The lowest BCUT2D eigenvalue weighted by atomic mass is 9.95. The molecule has 2 N–H and O–H groups in total. The van der Waals surface area contributed by atoms with Crippen molar-refractivity contribution in [3.63, 3.8) is 0 Å². The highest BCUT2D eigenvalue weighted by Crippen LogP contribution is 2.20. The van der Waals surface area contributed by atoms with Crippen molar-refractivity contribution in [3.05, 3.63) is 12.0 Å². The molecule has 0 radical (unpaired) electrons. The molecule has 0 aromatic carbocycles. The Labute approximate surface area is 96.6 Å². The number of aromatic carboxylic acids is 1. The fourth-order valence-electron chi connectivity index (χ4n) is 0.758. The van der Waals surface area contributed by atoms with Crippen molar-refractivity contribution in [2.75, 3.05) is 11.2 Å². The first-order valence-corrected chi connectivity index (χ1v) is 4.97. The van der Waals surface area contributed by atoms with E-state index < -0.39 is 11.4 Å². The van der Waals surface area contributed by atoms with Crippen LogP contribution in [0.3, 0.4) is 0 Å². The lowest BCUT2D eigenvalue weighted by Gasteiger charge is -2.18. The molecule has 0 aliphatic rings. The van der Waals surface area contributed by atoms with Crippen LogP contribution in [0.4, 0.5) is 6.01 Å². The highest BCUT2D eigenvalue weighted by atomic mass is 35.5. The van der Waals surface area contributed by atoms with Gasteiger partial charge in [0.25, 0.3) is 0 Å². The zero-order valence-corrected chi connectivity index (χ0v) is 9.54. The fraction of sp³-hybridized carbons (Fsp3) is 0.444. The van der Waals surface area contributed by atoms with Crippen LogP contribution < -0.4 is 5.32 Å². The maximum Gasteiger partial charge on any atom is 0.373 e. The minimum absolute atomic E-state index is 0.130. The van der Waals surface area contributed by atoms with Crippen LogP contribution in [0, 0.1) is 5.41 Å². The lowest BCUT2D eigenvalue weighted by Crippen LogP contribution is -2.32. The molecule has 1 heterocycles. The summed E-state index contributed by atoms with van der Waals surface area (Å²) in [4.78, 5) is 25.7. The number of carbonyl (C=O) groups is 2. The second kappa shape index (κ2) is 4.52. The topological polar surface area (TPSA) is 92.4 Å². The summed E-state index contributed by atoms with van der Waals surface area (Å²) in [5.41, 5.74) is -0.778. The number of amides is 1. The Morgan fingerprint density at radius 3 is 2.69 bits per heavy atom. The van der Waals surface area contributed by atoms with Gasteiger partial charge in [0.2, 0.25) is 11.7 Å². The average molecular weight is 247 g/mol. The van der Waals surface area contributed by atoms with E-state index in [9.17, 15) is 9.59 Å². The third-order valence-electron chi connectivity index (χ3n) is 1.89. The second-order valence-corrected chi connectivity index (χ2v) is 4.07. The summed E-state index contributed by atoms with van der Waals surface area (Å²) in [5, 5.41) is 10.9. The van der Waals surface area contributed by atoms with Crippen molar-refractivity contribution in [2.24, 2.45) is 5.41 Å². The molecular weight excluding hydrogens is 236 g/mol. The van der Waals surface area contributed by atoms with Gasteiger partial charge in [-0.05, 0) is 13.8 Å². The molecule has 0 unspecified atom stereocenters. The number of oxazole rings is 1. The number of carboxylic acid groups (broad SMARTS) is 1. The van der Waals surface area contributed by atoms with E-state index >= 15 is 0 Å². The van der Waals surface area contributed by atoms with Crippen LogP contribution in [0.25, 0.3) is 0 Å². The van der Waals surface area contributed by atoms with Crippen LogP contribution in [0.5, 0.6) is 0 Å². The molecule has 16 heavy (non-hydrogen) atoms. The number of rotatable bonds is 4. The average Bonchev–Trinajstić information content (AvgIpc) is 2.66. The molecule has 6 nitrogen and oxygen atoms in total. The number of anilines is 1. The van der Waals surface area contributed by atoms with Gasteiger partial charge >= 0.3 is 12.0 Å². The first-order chi connectivity index (χ1) is 7.36. The Balaban J connectivity index is 2.74. The Bertz CT molecular complexity index is 413. The van der Waals surface area contributed by atoms with Crippen molar-refractivity contribution >= 4 is 29.5 Å². The van der Waals surface area contributed by atoms with Crippen molar-refractivity contribution in [1.82, 2.24) is 4.98 Å². The molecule has 0 spiro atoms. The van der Waals surface area contributed by atoms with Crippen molar-refractivity contribution in [2.45, 2.75) is 13.8 Å². The van der Waals surface area contributed by atoms with Crippen LogP contribution in [-0.4, -0.2) is 27.8 Å². The molecule has 7 heteroatoms. The molecule has 0 aliphatic heterocycles. The molecule has 1 rings (SSSR count). The van der Waals surface area contributed by atoms with Gasteiger partial charge in [-0.15, -0.1) is 11.6 Å². The van der Waals surface area contributed by atoms with Crippen LogP contribution in [0.2, 0.25) is 0 Å². The van der Waals surface area contributed by atoms with Gasteiger partial charge in [0.1, 0.15) is 0 Å². The Kier molecular flexibility index (Phi) is 3.54. The number of aromatic nitrogens is 1. The first-order valence-electron chi connectivity index (χ1n) is 4.43. The van der Waals surface area contributed by atoms with E-state index in [1.807, 2.05) is 0 Å². The minimum Gasteiger partial charge on any atom is -0.475 e. The van der Waals surface area contributed by atoms with E-state index in [1.165, 1.54) is 0 Å². The fourth-order valence-corrected chi connectivity index (χ4v) is 0.879. The summed E-state index contributed by atoms with van der Waals surface area (Å²) in [6.07, 6.45) is 1.02. The van der Waals surface area contributed by atoms with Crippen LogP contribution in [0.1, 0.15) is 24.4 Å². The van der Waals surface area contributed by atoms with Gasteiger partial charge in [0.05, 0.1) is 11.6 Å². The number of nitrogens with zero attached hydrogens (tertiary/aromatic N) is 1. The molecule has 1 aromatic rings. The van der Waals surface area contributed by atoms with E-state index in [4.69, 9.17) is 21.1 Å². The maximum atomic E-state index is 11.6. The summed E-state index contributed by atoms with van der Waals surface area (Å²) < 4.78 is 4.77. The van der Waals surface area contributed by atoms with Crippen molar-refractivity contribution in [1.29, 1.82) is 0 Å². The van der Waals surface area contributed by atoms with Gasteiger partial charge in [-0.3, -0.25) is 10.1 Å². The second-order valence-electron chi connectivity index (χ2n) is 3.81. The zero-order chi connectivity index (χ0) is 12.3. The molecule has 0 atom stereocenters. The van der Waals surface area contributed by atoms with Crippen molar-refractivity contribution in [3.8, 4) is 0 Å². The van der Waals surface area contributed by atoms with Crippen LogP contribution in [-0.2, 0) is 4.79 Å². The van der Waals surface area contributed by atoms with Crippen molar-refractivity contribution < 1.29 is 19.1 Å². The van der Waals surface area contributed by atoms with Gasteiger partial charge in [0.15, 0.2) is 0 Å². The van der Waals surface area contributed by atoms with E-state index in [1.54, 1.807) is 13.8 Å². The number of carbonyl (C=O) groups excluding carboxylic acids is 1. The number of hydrogen-bond donors (Lipinski definition) is 2. The largest absolute Gasteiger partial charge is 0.475 e. The standard InChI is InChI=1S/C9H11ClN2O4/c1-9(2,4-10)7(15)12-8-11-3-5(16-8)6(13)14/h3H,4H2,1-2H3,(H,13,14)(H,11,12,15). The summed E-state index contributed by atoms with van der Waals surface area (Å²) in [6.45, 7) is 3.30. The number of nitrogens with one attached hydrogen (secondary N) is 1. The van der Waals surface area contributed by atoms with Gasteiger partial charge < -0.3 is 9.52 Å². The maximum absolute atomic E-state index is 11.6. The summed E-state index contributed by atoms with van der Waals surface area (Å²) >= 11 is 5.60. The summed E-state index contributed by atoms with van der Waals surface area (Å²) in [7, 11) is 0. The highest BCUT2D eigenvalue weighted by molar-refractivity contribution is 6.20. The van der Waals surface area contributed by atoms with Gasteiger partial charge in [0, 0.05) is 5.88 Å². The molecule has 0 bridgehead atoms. The summed E-state index contributed by atoms with van der Waals surface area (Å²) in [5.74, 6) is -1.84. The van der Waals surface area contributed by atoms with Gasteiger partial charge in [-0.2, -0.15) is 0 Å². The lowest BCUT2D eigenvalue weighted by molar-refractivity contribution is -0.123. The smallest absolute Gasteiger partial charge is 0.373 e. The molecule has 1 aromatic heterocycles. The third kappa shape index (κ3) is 2.73. The quantitative estimate of drug-likeness (QED) is 0.787. The molecule has 0 fully saturated rings. The number of carboxylic acids is 1. The van der Waals surface area contributed by atoms with Gasteiger partial charge in [-0.25, -0.2) is 9.78 Å². The van der Waals surface area contributed by atoms with E-state index in [0.717, 1.165) is 6.20 Å². The van der Waals surface area contributed by atoms with Crippen LogP contribution >= 0.6 is 11.6 Å². The van der Waals surface area contributed by atoms with E-state index in [2.05, 4.69) is 10.3 Å². The van der Waals surface area contributed by atoms with E-state index in [0.29, 0.717) is 0 Å². The first kappa shape index (κ1) is 12.5. The summed E-state index contributed by atoms with van der Waals surface area (Å²) in [6, 6.07) is -0.152. The Hall–Kier alpha value is -1.56. The normalized spacial score (nSPS) is 11.2. The predicted molar refractivity (Wildman–Crippen MR) is 56.6 cm³/mol. The molecule has 0 aliphatic carbocycles. The molecule has 1 amide bonds. The molecule has 0 saturated heterocycles. The van der Waals surface area contributed by atoms with Gasteiger partial charge in [-0.1, -0.05) is 0 Å². The zero-order valence-electron chi connectivity index (χ0n) is 8.78. The molecule has 0 saturated carbocycles. The van der Waals surface area contributed by atoms with Crippen LogP contribution in [0.15, 0.2) is 10.6 Å². The van der Waals surface area contributed by atoms with E-state index in [-0.39, 0.29) is 23.6 Å². The molecule has 88 valence electrons.